The summed E-state index contributed by atoms with van der Waals surface area (Å²) in [4.78, 5) is 12.8. The molecule has 62 heavy (non-hydrogen) atoms. The average molecular weight is 875 g/mol. The lowest BCUT2D eigenvalue weighted by molar-refractivity contribution is -0.138. The van der Waals surface area contributed by atoms with Crippen LogP contribution in [0.1, 0.15) is 34.7 Å². The van der Waals surface area contributed by atoms with Gasteiger partial charge in [0.15, 0.2) is 34.4 Å². The number of rotatable bonds is 6. The van der Waals surface area contributed by atoms with Gasteiger partial charge in [0.2, 0.25) is 23.6 Å². The van der Waals surface area contributed by atoms with Crippen molar-refractivity contribution in [3.05, 3.63) is 106 Å². The Balaban J connectivity index is 1.77. The Kier molecular flexibility index (Phi) is 10.1. The molecule has 0 spiro atoms. The highest BCUT2D eigenvalue weighted by Gasteiger charge is 2.38. The van der Waals surface area contributed by atoms with Crippen molar-refractivity contribution < 1.29 is 70.3 Å². The van der Waals surface area contributed by atoms with Gasteiger partial charge in [-0.05, 0) is 46.5 Å². The Morgan fingerprint density at radius 1 is 0.435 bits per heavy atom. The SMILES string of the molecule is N#CC(C#N)c1nc2c(-c3ccc(C(F)(F)F)cc3-c3c(F)c(F)nc(F)c3F)c3oc(C(C#N)C#N)nc3c(-c3ccc(C(F)(F)F)cc3-c3c(F)c(F)nc(F)c3F)c2o1. The molecule has 0 radical (unpaired) electrons. The number of nitriles is 4. The highest BCUT2D eigenvalue weighted by atomic mass is 19.4. The molecule has 3 aromatic carbocycles. The highest BCUT2D eigenvalue weighted by Crippen LogP contribution is 2.51. The van der Waals surface area contributed by atoms with Crippen LogP contribution < -0.4 is 0 Å². The molecule has 0 saturated heterocycles. The fourth-order valence-electron chi connectivity index (χ4n) is 6.33. The molecule has 4 aromatic heterocycles. The van der Waals surface area contributed by atoms with Crippen molar-refractivity contribution in [3.8, 4) is 68.8 Å². The molecule has 0 fully saturated rings. The molecule has 0 unspecified atom stereocenters. The first kappa shape index (κ1) is 42.0. The first-order valence-corrected chi connectivity index (χ1v) is 16.4. The van der Waals surface area contributed by atoms with Crippen LogP contribution in [0.5, 0.6) is 0 Å². The topological polar surface area (TPSA) is 173 Å². The van der Waals surface area contributed by atoms with Crippen molar-refractivity contribution in [2.45, 2.75) is 24.2 Å². The van der Waals surface area contributed by atoms with Crippen LogP contribution in [0, 0.1) is 92.4 Å². The number of alkyl halides is 6. The van der Waals surface area contributed by atoms with Gasteiger partial charge in [-0.3, -0.25) is 0 Å². The van der Waals surface area contributed by atoms with Gasteiger partial charge >= 0.3 is 12.4 Å². The number of aromatic nitrogens is 4. The molecule has 0 atom stereocenters. The lowest BCUT2D eigenvalue weighted by Crippen LogP contribution is -2.08. The molecule has 0 saturated carbocycles. The lowest BCUT2D eigenvalue weighted by Gasteiger charge is -2.18. The number of benzene rings is 3. The molecule has 0 aliphatic rings. The third-order valence-corrected chi connectivity index (χ3v) is 8.99. The Morgan fingerprint density at radius 3 is 1.02 bits per heavy atom. The van der Waals surface area contributed by atoms with Crippen LogP contribution in [-0.2, 0) is 12.4 Å². The zero-order valence-corrected chi connectivity index (χ0v) is 29.3. The van der Waals surface area contributed by atoms with Crippen molar-refractivity contribution in [2.24, 2.45) is 0 Å². The van der Waals surface area contributed by atoms with Gasteiger partial charge in [0.25, 0.3) is 23.8 Å². The van der Waals surface area contributed by atoms with E-state index < -0.39 is 161 Å². The van der Waals surface area contributed by atoms with Crippen LogP contribution in [0.25, 0.3) is 66.7 Å². The minimum atomic E-state index is -5.35. The fourth-order valence-corrected chi connectivity index (χ4v) is 6.33. The number of hydrogen-bond acceptors (Lipinski definition) is 10. The molecule has 0 bridgehead atoms. The second-order valence-corrected chi connectivity index (χ2v) is 12.5. The zero-order chi connectivity index (χ0) is 45.3. The smallest absolute Gasteiger partial charge is 0.416 e. The van der Waals surface area contributed by atoms with Gasteiger partial charge in [-0.2, -0.15) is 74.9 Å². The van der Waals surface area contributed by atoms with Crippen LogP contribution in [0.4, 0.5) is 61.5 Å². The van der Waals surface area contributed by atoms with E-state index in [-0.39, 0.29) is 24.3 Å². The first-order valence-electron chi connectivity index (χ1n) is 16.4. The summed E-state index contributed by atoms with van der Waals surface area (Å²) in [6.45, 7) is 0. The maximum Gasteiger partial charge on any atom is 0.416 e. The zero-order valence-electron chi connectivity index (χ0n) is 29.3. The van der Waals surface area contributed by atoms with Crippen molar-refractivity contribution in [3.63, 3.8) is 0 Å². The minimum Gasteiger partial charge on any atom is -0.437 e. The predicted molar refractivity (Wildman–Crippen MR) is 177 cm³/mol. The van der Waals surface area contributed by atoms with E-state index in [0.717, 1.165) is 0 Å². The van der Waals surface area contributed by atoms with Crippen LogP contribution in [0.2, 0.25) is 0 Å². The monoisotopic (exact) mass is 874 g/mol. The summed E-state index contributed by atoms with van der Waals surface area (Å²) in [6, 6.07) is 7.15. The molecule has 0 aliphatic heterocycles. The maximum atomic E-state index is 15.5. The molecular weight excluding hydrogens is 866 g/mol. The van der Waals surface area contributed by atoms with E-state index in [1.807, 2.05) is 0 Å². The molecular formula is C38H8F14N8O2. The second kappa shape index (κ2) is 14.9. The molecule has 4 heterocycles. The fraction of sp³-hybridized carbons (Fsp3) is 0.105. The lowest BCUT2D eigenvalue weighted by atomic mass is 9.87. The van der Waals surface area contributed by atoms with Crippen LogP contribution in [0.3, 0.4) is 0 Å². The van der Waals surface area contributed by atoms with Crippen molar-refractivity contribution >= 4 is 22.2 Å². The maximum absolute atomic E-state index is 15.5. The summed E-state index contributed by atoms with van der Waals surface area (Å²) in [5.74, 6) is -25.0. The molecule has 0 amide bonds. The van der Waals surface area contributed by atoms with E-state index in [0.29, 0.717) is 12.1 Å². The largest absolute Gasteiger partial charge is 0.437 e. The molecule has 0 N–H and O–H groups in total. The molecule has 310 valence electrons. The van der Waals surface area contributed by atoms with Gasteiger partial charge in [-0.15, -0.1) is 0 Å². The molecule has 24 heteroatoms. The van der Waals surface area contributed by atoms with E-state index >= 15 is 17.6 Å². The summed E-state index contributed by atoms with van der Waals surface area (Å²) >= 11 is 0. The summed E-state index contributed by atoms with van der Waals surface area (Å²) in [6.07, 6.45) is -10.7. The van der Waals surface area contributed by atoms with Gasteiger partial charge in [0.1, 0.15) is 11.0 Å². The van der Waals surface area contributed by atoms with E-state index in [1.54, 1.807) is 0 Å². The van der Waals surface area contributed by atoms with E-state index in [4.69, 9.17) is 8.83 Å². The molecule has 7 aromatic rings. The second-order valence-electron chi connectivity index (χ2n) is 12.5. The Labute approximate surface area is 332 Å². The van der Waals surface area contributed by atoms with E-state index in [9.17, 15) is 65.0 Å². The normalized spacial score (nSPS) is 11.9. The van der Waals surface area contributed by atoms with Crippen LogP contribution >= 0.6 is 0 Å². The number of pyridine rings is 2. The molecule has 0 aliphatic carbocycles. The average Bonchev–Trinajstić information content (AvgIpc) is 3.84. The number of hydrogen-bond donors (Lipinski definition) is 0. The summed E-state index contributed by atoms with van der Waals surface area (Å²) in [5.41, 5.74) is -17.4. The van der Waals surface area contributed by atoms with Gasteiger partial charge in [0.05, 0.1) is 57.7 Å². The number of nitrogens with zero attached hydrogens (tertiary/aromatic N) is 8. The number of halogens is 14. The first-order chi connectivity index (χ1) is 29.2. The summed E-state index contributed by atoms with van der Waals surface area (Å²) in [7, 11) is 0. The Morgan fingerprint density at radius 2 is 0.742 bits per heavy atom. The molecule has 7 rings (SSSR count). The van der Waals surface area contributed by atoms with Gasteiger partial charge < -0.3 is 8.83 Å². The summed E-state index contributed by atoms with van der Waals surface area (Å²) < 4.78 is 217. The molecule has 10 nitrogen and oxygen atoms in total. The van der Waals surface area contributed by atoms with Crippen molar-refractivity contribution in [2.75, 3.05) is 0 Å². The van der Waals surface area contributed by atoms with Gasteiger partial charge in [-0.1, -0.05) is 12.1 Å². The van der Waals surface area contributed by atoms with Gasteiger partial charge in [-0.25, -0.2) is 27.5 Å². The predicted octanol–water partition coefficient (Wildman–Crippen LogP) is 10.8. The standard InChI is InChI=1S/C38H8F14N8O2/c39-23-19(24(40)32(44)59-31(23)43)17-5-13(37(47,48)49)1-3-15(17)21-27-30(62-35(57-27)11(7-53)8-54)22(28-29(21)61-36(58-28)12(9-55)10-56)16-4-2-14(38(50,51)52)6-18(16)20-25(41)33(45)60-34(46)26(20)42/h1-6,11-12H. The Bertz CT molecular complexity index is 2890. The third-order valence-electron chi connectivity index (χ3n) is 8.99. The quantitative estimate of drug-likeness (QED) is 0.116. The highest BCUT2D eigenvalue weighted by molar-refractivity contribution is 6.18. The minimum absolute atomic E-state index is 0.00761. The van der Waals surface area contributed by atoms with Crippen molar-refractivity contribution in [1.29, 1.82) is 21.0 Å². The van der Waals surface area contributed by atoms with E-state index in [1.165, 1.54) is 24.3 Å². The Hall–Kier alpha value is -8.12. The van der Waals surface area contributed by atoms with Crippen molar-refractivity contribution in [1.82, 2.24) is 19.9 Å². The van der Waals surface area contributed by atoms with Crippen LogP contribution in [-0.4, -0.2) is 19.9 Å². The number of oxazole rings is 2. The number of fused-ring (bicyclic) bond motifs is 2. The van der Waals surface area contributed by atoms with E-state index in [2.05, 4.69) is 19.9 Å². The third kappa shape index (κ3) is 6.67. The summed E-state index contributed by atoms with van der Waals surface area (Å²) in [5, 5.41) is 38.8. The van der Waals surface area contributed by atoms with Crippen LogP contribution in [0.15, 0.2) is 45.2 Å². The van der Waals surface area contributed by atoms with Gasteiger partial charge in [0, 0.05) is 0 Å².